The van der Waals surface area contributed by atoms with Crippen molar-refractivity contribution in [2.75, 3.05) is 0 Å². The molecule has 0 radical (unpaired) electrons. The Morgan fingerprint density at radius 1 is 1.26 bits per heavy atom. The molecule has 2 rings (SSSR count). The van der Waals surface area contributed by atoms with E-state index in [0.717, 1.165) is 0 Å². The van der Waals surface area contributed by atoms with Gasteiger partial charge in [-0.1, -0.05) is 24.3 Å². The number of carboxylic acids is 1. The lowest BCUT2D eigenvalue weighted by Crippen LogP contribution is -2.00. The molecule has 1 heterocycles. The number of carbonyl (C=O) groups is 1. The molecule has 4 heteroatoms. The van der Waals surface area contributed by atoms with Gasteiger partial charge in [-0.25, -0.2) is 4.79 Å². The fourth-order valence-electron chi connectivity index (χ4n) is 1.67. The molecule has 0 atom stereocenters. The number of carboxylic acid groups (broad SMARTS) is 1. The van der Waals surface area contributed by atoms with Gasteiger partial charge in [-0.3, -0.25) is 4.98 Å². The predicted octanol–water partition coefficient (Wildman–Crippen LogP) is 2.58. The monoisotopic (exact) mass is 250 g/mol. The van der Waals surface area contributed by atoms with Crippen molar-refractivity contribution in [3.05, 3.63) is 65.5 Å². The standard InChI is InChI=1S/C15H10N2O2/c16-9-12-5-2-1-4-11(12)8-14(15(18)19)13-6-3-7-17-10-13/h1-8,10H,(H,18,19). The number of pyridine rings is 1. The summed E-state index contributed by atoms with van der Waals surface area (Å²) in [5.41, 5.74) is 1.62. The first-order valence-corrected chi connectivity index (χ1v) is 5.57. The highest BCUT2D eigenvalue weighted by Gasteiger charge is 2.11. The van der Waals surface area contributed by atoms with Gasteiger partial charge in [-0.15, -0.1) is 0 Å². The second-order valence-corrected chi connectivity index (χ2v) is 3.80. The molecule has 92 valence electrons. The zero-order chi connectivity index (χ0) is 13.7. The maximum atomic E-state index is 11.3. The molecular weight excluding hydrogens is 240 g/mol. The van der Waals surface area contributed by atoms with Crippen LogP contribution in [0.5, 0.6) is 0 Å². The van der Waals surface area contributed by atoms with Crippen molar-refractivity contribution in [2.24, 2.45) is 0 Å². The zero-order valence-corrected chi connectivity index (χ0v) is 9.95. The van der Waals surface area contributed by atoms with E-state index >= 15 is 0 Å². The molecule has 0 fully saturated rings. The number of rotatable bonds is 3. The van der Waals surface area contributed by atoms with E-state index in [9.17, 15) is 9.90 Å². The van der Waals surface area contributed by atoms with Crippen LogP contribution in [0.4, 0.5) is 0 Å². The first kappa shape index (κ1) is 12.5. The smallest absolute Gasteiger partial charge is 0.336 e. The number of nitrogens with zero attached hydrogens (tertiary/aromatic N) is 2. The summed E-state index contributed by atoms with van der Waals surface area (Å²) in [6.07, 6.45) is 4.54. The molecule has 0 aliphatic rings. The second kappa shape index (κ2) is 5.61. The van der Waals surface area contributed by atoms with Crippen LogP contribution in [-0.2, 0) is 4.79 Å². The van der Waals surface area contributed by atoms with E-state index in [1.807, 2.05) is 6.07 Å². The largest absolute Gasteiger partial charge is 0.478 e. The van der Waals surface area contributed by atoms with Crippen LogP contribution >= 0.6 is 0 Å². The fourth-order valence-corrected chi connectivity index (χ4v) is 1.67. The van der Waals surface area contributed by atoms with E-state index in [1.165, 1.54) is 12.3 Å². The second-order valence-electron chi connectivity index (χ2n) is 3.80. The van der Waals surface area contributed by atoms with Crippen LogP contribution in [0.25, 0.3) is 11.6 Å². The molecule has 0 amide bonds. The Morgan fingerprint density at radius 3 is 2.68 bits per heavy atom. The molecule has 0 saturated heterocycles. The molecule has 1 aromatic heterocycles. The maximum Gasteiger partial charge on any atom is 0.336 e. The predicted molar refractivity (Wildman–Crippen MR) is 70.9 cm³/mol. The third-order valence-corrected chi connectivity index (χ3v) is 2.58. The number of aromatic nitrogens is 1. The van der Waals surface area contributed by atoms with E-state index in [1.54, 1.807) is 42.6 Å². The minimum Gasteiger partial charge on any atom is -0.478 e. The molecule has 0 aliphatic heterocycles. The Hall–Kier alpha value is -2.93. The quantitative estimate of drug-likeness (QED) is 0.849. The summed E-state index contributed by atoms with van der Waals surface area (Å²) in [7, 11) is 0. The summed E-state index contributed by atoms with van der Waals surface area (Å²) in [6, 6.07) is 12.2. The highest BCUT2D eigenvalue weighted by atomic mass is 16.4. The van der Waals surface area contributed by atoms with Crippen LogP contribution in [0.1, 0.15) is 16.7 Å². The summed E-state index contributed by atoms with van der Waals surface area (Å²) in [5.74, 6) is -1.05. The topological polar surface area (TPSA) is 74.0 Å². The molecular formula is C15H10N2O2. The average molecular weight is 250 g/mol. The van der Waals surface area contributed by atoms with Gasteiger partial charge < -0.3 is 5.11 Å². The van der Waals surface area contributed by atoms with Crippen molar-refractivity contribution in [3.8, 4) is 6.07 Å². The highest BCUT2D eigenvalue weighted by Crippen LogP contribution is 2.19. The minimum atomic E-state index is -1.05. The summed E-state index contributed by atoms with van der Waals surface area (Å²) in [6.45, 7) is 0. The third kappa shape index (κ3) is 2.85. The van der Waals surface area contributed by atoms with Crippen molar-refractivity contribution in [2.45, 2.75) is 0 Å². The Balaban J connectivity index is 2.55. The number of benzene rings is 1. The molecule has 0 unspecified atom stereocenters. The number of hydrogen-bond donors (Lipinski definition) is 1. The van der Waals surface area contributed by atoms with Crippen molar-refractivity contribution in [1.82, 2.24) is 4.98 Å². The van der Waals surface area contributed by atoms with Crippen LogP contribution in [0.15, 0.2) is 48.8 Å². The Kier molecular flexibility index (Phi) is 3.70. The lowest BCUT2D eigenvalue weighted by molar-refractivity contribution is -0.130. The van der Waals surface area contributed by atoms with Crippen LogP contribution in [0.3, 0.4) is 0 Å². The molecule has 0 spiro atoms. The fraction of sp³-hybridized carbons (Fsp3) is 0. The molecule has 19 heavy (non-hydrogen) atoms. The van der Waals surface area contributed by atoms with Gasteiger partial charge in [0.2, 0.25) is 0 Å². The number of aliphatic carboxylic acids is 1. The van der Waals surface area contributed by atoms with Crippen molar-refractivity contribution in [1.29, 1.82) is 5.26 Å². The lowest BCUT2D eigenvalue weighted by Gasteiger charge is -2.03. The molecule has 2 aromatic rings. The highest BCUT2D eigenvalue weighted by molar-refractivity contribution is 6.20. The van der Waals surface area contributed by atoms with Gasteiger partial charge in [-0.2, -0.15) is 5.26 Å². The third-order valence-electron chi connectivity index (χ3n) is 2.58. The van der Waals surface area contributed by atoms with Crippen LogP contribution in [0, 0.1) is 11.3 Å². The Labute approximate surface area is 110 Å². The summed E-state index contributed by atoms with van der Waals surface area (Å²) >= 11 is 0. The van der Waals surface area contributed by atoms with Crippen LogP contribution < -0.4 is 0 Å². The molecule has 4 nitrogen and oxygen atoms in total. The normalized spacial score (nSPS) is 10.8. The van der Waals surface area contributed by atoms with Gasteiger partial charge in [0.1, 0.15) is 0 Å². The van der Waals surface area contributed by atoms with E-state index < -0.39 is 5.97 Å². The summed E-state index contributed by atoms with van der Waals surface area (Å²) < 4.78 is 0. The maximum absolute atomic E-state index is 11.3. The zero-order valence-electron chi connectivity index (χ0n) is 9.95. The SMILES string of the molecule is N#Cc1ccccc1C=C(C(=O)O)c1cccnc1. The lowest BCUT2D eigenvalue weighted by atomic mass is 10.0. The van der Waals surface area contributed by atoms with Crippen LogP contribution in [0.2, 0.25) is 0 Å². The summed E-state index contributed by atoms with van der Waals surface area (Å²) in [5, 5.41) is 18.3. The van der Waals surface area contributed by atoms with Gasteiger partial charge in [0.15, 0.2) is 0 Å². The van der Waals surface area contributed by atoms with Crippen molar-refractivity contribution in [3.63, 3.8) is 0 Å². The Morgan fingerprint density at radius 2 is 2.05 bits per heavy atom. The van der Waals surface area contributed by atoms with Gasteiger partial charge in [0.25, 0.3) is 0 Å². The number of hydrogen-bond acceptors (Lipinski definition) is 3. The Bertz CT molecular complexity index is 670. The van der Waals surface area contributed by atoms with E-state index in [0.29, 0.717) is 16.7 Å². The van der Waals surface area contributed by atoms with E-state index in [2.05, 4.69) is 4.98 Å². The molecule has 0 aliphatic carbocycles. The van der Waals surface area contributed by atoms with Gasteiger partial charge in [0, 0.05) is 18.0 Å². The average Bonchev–Trinajstić information content (AvgIpc) is 2.45. The minimum absolute atomic E-state index is 0.107. The van der Waals surface area contributed by atoms with Crippen molar-refractivity contribution >= 4 is 17.6 Å². The molecule has 0 saturated carbocycles. The number of nitriles is 1. The first-order valence-electron chi connectivity index (χ1n) is 5.57. The van der Waals surface area contributed by atoms with E-state index in [4.69, 9.17) is 5.26 Å². The van der Waals surface area contributed by atoms with Gasteiger partial charge in [0.05, 0.1) is 17.2 Å². The molecule has 1 N–H and O–H groups in total. The molecule has 0 bridgehead atoms. The summed E-state index contributed by atoms with van der Waals surface area (Å²) in [4.78, 5) is 15.2. The van der Waals surface area contributed by atoms with Gasteiger partial charge in [-0.05, 0) is 23.8 Å². The van der Waals surface area contributed by atoms with Crippen molar-refractivity contribution < 1.29 is 9.90 Å². The first-order chi connectivity index (χ1) is 9.22. The van der Waals surface area contributed by atoms with Gasteiger partial charge >= 0.3 is 5.97 Å². The molecule has 1 aromatic carbocycles. The van der Waals surface area contributed by atoms with E-state index in [-0.39, 0.29) is 5.57 Å². The van der Waals surface area contributed by atoms with Crippen LogP contribution in [-0.4, -0.2) is 16.1 Å².